The van der Waals surface area contributed by atoms with E-state index in [1.54, 1.807) is 13.8 Å². The zero-order chi connectivity index (χ0) is 25.8. The first-order valence-electron chi connectivity index (χ1n) is 10.5. The topological polar surface area (TPSA) is 97.0 Å². The number of nitrogens with zero attached hydrogens (tertiary/aromatic N) is 2. The Morgan fingerprint density at radius 3 is 2.60 bits per heavy atom. The highest BCUT2D eigenvalue weighted by Crippen LogP contribution is 2.31. The van der Waals surface area contributed by atoms with Gasteiger partial charge in [0.1, 0.15) is 11.6 Å². The predicted octanol–water partition coefficient (Wildman–Crippen LogP) is 4.89. The maximum Gasteiger partial charge on any atom is 0.392 e. The minimum Gasteiger partial charge on any atom is -0.477 e. The summed E-state index contributed by atoms with van der Waals surface area (Å²) in [6.45, 7) is 2.73. The van der Waals surface area contributed by atoms with E-state index in [2.05, 4.69) is 20.3 Å². The Kier molecular flexibility index (Phi) is 8.11. The number of nitrogens with one attached hydrogen (secondary N) is 2. The molecule has 1 amide bonds. The van der Waals surface area contributed by atoms with Crippen molar-refractivity contribution in [1.29, 1.82) is 0 Å². The van der Waals surface area contributed by atoms with Crippen molar-refractivity contribution in [2.24, 2.45) is 5.92 Å². The Morgan fingerprint density at radius 2 is 1.97 bits per heavy atom. The maximum atomic E-state index is 15.3. The van der Waals surface area contributed by atoms with Crippen molar-refractivity contribution in [3.8, 4) is 28.5 Å². The molecule has 3 rings (SSSR count). The highest BCUT2D eigenvalue weighted by Gasteiger charge is 2.27. The highest BCUT2D eigenvalue weighted by molar-refractivity contribution is 6.33. The predicted molar refractivity (Wildman–Crippen MR) is 121 cm³/mol. The van der Waals surface area contributed by atoms with E-state index in [1.807, 2.05) is 0 Å². The Hall–Kier alpha value is -3.47. The Morgan fingerprint density at radius 1 is 1.23 bits per heavy atom. The summed E-state index contributed by atoms with van der Waals surface area (Å²) in [5, 5.41) is 2.61. The number of hydrogen-bond donors (Lipinski definition) is 2. The average Bonchev–Trinajstić information content (AvgIpc) is 2.77. The lowest BCUT2D eigenvalue weighted by Gasteiger charge is -2.13. The molecule has 3 aromatic rings. The van der Waals surface area contributed by atoms with E-state index in [0.29, 0.717) is 5.56 Å². The van der Waals surface area contributed by atoms with Gasteiger partial charge in [-0.25, -0.2) is 14.4 Å². The number of benzene rings is 1. The van der Waals surface area contributed by atoms with Crippen molar-refractivity contribution in [3.63, 3.8) is 0 Å². The number of H-pyrrole nitrogens is 1. The van der Waals surface area contributed by atoms with Gasteiger partial charge >= 0.3 is 6.18 Å². The Labute approximate surface area is 202 Å². The van der Waals surface area contributed by atoms with E-state index in [-0.39, 0.29) is 51.9 Å². The molecule has 7 nitrogen and oxygen atoms in total. The third-order valence-corrected chi connectivity index (χ3v) is 5.11. The Bertz CT molecular complexity index is 1260. The molecule has 186 valence electrons. The van der Waals surface area contributed by atoms with Gasteiger partial charge in [0, 0.05) is 41.9 Å². The van der Waals surface area contributed by atoms with Gasteiger partial charge in [-0.3, -0.25) is 9.59 Å². The van der Waals surface area contributed by atoms with Crippen LogP contribution in [-0.4, -0.2) is 33.6 Å². The number of aromatic nitrogens is 3. The van der Waals surface area contributed by atoms with Crippen LogP contribution in [0.4, 0.5) is 17.6 Å². The molecule has 0 aliphatic rings. The number of rotatable bonds is 8. The summed E-state index contributed by atoms with van der Waals surface area (Å²) >= 11 is 6.20. The second-order valence-electron chi connectivity index (χ2n) is 7.85. The highest BCUT2D eigenvalue weighted by atomic mass is 35.5. The summed E-state index contributed by atoms with van der Waals surface area (Å²) in [5.74, 6) is -1.47. The summed E-state index contributed by atoms with van der Waals surface area (Å²) < 4.78 is 57.0. The lowest BCUT2D eigenvalue weighted by atomic mass is 10.1. The molecule has 12 heteroatoms. The lowest BCUT2D eigenvalue weighted by Crippen LogP contribution is -2.27. The SMILES string of the molecule is CC(C)C(=O)NCc1ccc(Cl)c(-c2nc(-c3ccc(OCCC(F)(F)F)nc3)cc(=O)[nH]2)c1F. The van der Waals surface area contributed by atoms with Crippen molar-refractivity contribution in [2.75, 3.05) is 6.61 Å². The normalized spacial score (nSPS) is 11.5. The van der Waals surface area contributed by atoms with Gasteiger partial charge in [-0.15, -0.1) is 0 Å². The molecular weight excluding hydrogens is 492 g/mol. The van der Waals surface area contributed by atoms with E-state index in [1.165, 1.54) is 30.5 Å². The molecule has 35 heavy (non-hydrogen) atoms. The number of alkyl halides is 3. The van der Waals surface area contributed by atoms with E-state index in [4.69, 9.17) is 16.3 Å². The smallest absolute Gasteiger partial charge is 0.392 e. The molecule has 2 aromatic heterocycles. The average molecular weight is 513 g/mol. The molecule has 0 saturated carbocycles. The summed E-state index contributed by atoms with van der Waals surface area (Å²) in [5.41, 5.74) is -0.121. The monoisotopic (exact) mass is 512 g/mol. The first kappa shape index (κ1) is 26.1. The maximum absolute atomic E-state index is 15.3. The second-order valence-corrected chi connectivity index (χ2v) is 8.25. The molecule has 0 unspecified atom stereocenters. The van der Waals surface area contributed by atoms with Crippen LogP contribution in [0.3, 0.4) is 0 Å². The molecular formula is C23H21ClF4N4O3. The van der Waals surface area contributed by atoms with Crippen LogP contribution in [-0.2, 0) is 11.3 Å². The minimum atomic E-state index is -4.35. The molecule has 0 fully saturated rings. The summed E-state index contributed by atoms with van der Waals surface area (Å²) in [6.07, 6.45) is -4.20. The third-order valence-electron chi connectivity index (χ3n) is 4.79. The molecule has 0 saturated heterocycles. The fourth-order valence-electron chi connectivity index (χ4n) is 2.95. The van der Waals surface area contributed by atoms with Crippen molar-refractivity contribution in [3.05, 3.63) is 63.3 Å². The zero-order valence-electron chi connectivity index (χ0n) is 18.7. The number of amides is 1. The zero-order valence-corrected chi connectivity index (χ0v) is 19.4. The first-order chi connectivity index (χ1) is 16.4. The van der Waals surface area contributed by atoms with Gasteiger partial charge < -0.3 is 15.0 Å². The fraction of sp³-hybridized carbons (Fsp3) is 0.304. The van der Waals surface area contributed by atoms with Gasteiger partial charge in [0.2, 0.25) is 11.8 Å². The third kappa shape index (κ3) is 7.01. The van der Waals surface area contributed by atoms with Crippen LogP contribution in [0.25, 0.3) is 22.6 Å². The molecule has 0 aliphatic heterocycles. The molecule has 1 aromatic carbocycles. The minimum absolute atomic E-state index is 0.00623. The number of carbonyl (C=O) groups is 1. The van der Waals surface area contributed by atoms with Gasteiger partial charge in [0.05, 0.1) is 29.3 Å². The van der Waals surface area contributed by atoms with Crippen LogP contribution in [0.15, 0.2) is 41.3 Å². The number of carbonyl (C=O) groups excluding carboxylic acids is 1. The van der Waals surface area contributed by atoms with E-state index >= 15 is 4.39 Å². The number of aromatic amines is 1. The summed E-state index contributed by atoms with van der Waals surface area (Å²) in [7, 11) is 0. The number of halogens is 5. The Balaban J connectivity index is 1.88. The standard InChI is InChI=1S/C23H21ClF4N4O3/c1-12(2)22(34)30-11-14-3-5-15(24)19(20(14)25)21-31-16(9-17(33)32-21)13-4-6-18(29-10-13)35-8-7-23(26,27)28/h3-6,9-10,12H,7-8,11H2,1-2H3,(H,30,34)(H,31,32,33). The second kappa shape index (κ2) is 10.9. The van der Waals surface area contributed by atoms with Crippen LogP contribution in [0.2, 0.25) is 5.02 Å². The number of hydrogen-bond acceptors (Lipinski definition) is 5. The van der Waals surface area contributed by atoms with Crippen LogP contribution in [0, 0.1) is 11.7 Å². The molecule has 0 spiro atoms. The molecule has 0 radical (unpaired) electrons. The summed E-state index contributed by atoms with van der Waals surface area (Å²) in [6, 6.07) is 6.80. The fourth-order valence-corrected chi connectivity index (χ4v) is 3.18. The van der Waals surface area contributed by atoms with Crippen molar-refractivity contribution in [1.82, 2.24) is 20.3 Å². The van der Waals surface area contributed by atoms with Crippen LogP contribution in [0.1, 0.15) is 25.8 Å². The van der Waals surface area contributed by atoms with Gasteiger partial charge in [-0.1, -0.05) is 31.5 Å². The van der Waals surface area contributed by atoms with Crippen LogP contribution < -0.4 is 15.6 Å². The van der Waals surface area contributed by atoms with Gasteiger partial charge in [0.15, 0.2) is 0 Å². The van der Waals surface area contributed by atoms with Gasteiger partial charge in [-0.2, -0.15) is 13.2 Å². The van der Waals surface area contributed by atoms with Gasteiger partial charge in [0.25, 0.3) is 5.56 Å². The lowest BCUT2D eigenvalue weighted by molar-refractivity contribution is -0.139. The summed E-state index contributed by atoms with van der Waals surface area (Å²) in [4.78, 5) is 34.8. The van der Waals surface area contributed by atoms with Crippen molar-refractivity contribution in [2.45, 2.75) is 33.0 Å². The van der Waals surface area contributed by atoms with Crippen LogP contribution >= 0.6 is 11.6 Å². The molecule has 0 bridgehead atoms. The van der Waals surface area contributed by atoms with Crippen molar-refractivity contribution >= 4 is 17.5 Å². The van der Waals surface area contributed by atoms with Gasteiger partial charge in [-0.05, 0) is 12.1 Å². The number of ether oxygens (including phenoxy) is 1. The van der Waals surface area contributed by atoms with Crippen molar-refractivity contribution < 1.29 is 27.1 Å². The molecule has 2 heterocycles. The molecule has 0 aliphatic carbocycles. The largest absolute Gasteiger partial charge is 0.477 e. The van der Waals surface area contributed by atoms with E-state index in [9.17, 15) is 22.8 Å². The van der Waals surface area contributed by atoms with Crippen LogP contribution in [0.5, 0.6) is 5.88 Å². The molecule has 2 N–H and O–H groups in total. The first-order valence-corrected chi connectivity index (χ1v) is 10.8. The van der Waals surface area contributed by atoms with E-state index in [0.717, 1.165) is 6.07 Å². The molecule has 0 atom stereocenters. The quantitative estimate of drug-likeness (QED) is 0.419. The number of pyridine rings is 1. The van der Waals surface area contributed by atoms with E-state index < -0.39 is 30.6 Å².